The Morgan fingerprint density at radius 2 is 1.72 bits per heavy atom. The van der Waals surface area contributed by atoms with Crippen LogP contribution in [0, 0.1) is 0 Å². The molecule has 29 heavy (non-hydrogen) atoms. The van der Waals surface area contributed by atoms with Crippen LogP contribution in [-0.2, 0) is 16.0 Å². The number of hydrogen-bond acceptors (Lipinski definition) is 8. The first-order valence-corrected chi connectivity index (χ1v) is 8.64. The Morgan fingerprint density at radius 3 is 2.45 bits per heavy atom. The Labute approximate surface area is 209 Å². The molecule has 2 aromatic carbocycles. The van der Waals surface area contributed by atoms with Gasteiger partial charge in [0.1, 0.15) is 42.5 Å². The van der Waals surface area contributed by atoms with Crippen molar-refractivity contribution in [1.29, 1.82) is 0 Å². The molecule has 0 spiro atoms. The SMILES string of the molecule is O=C[C@H](O)[C@@H](O)[C@H](O)[C@H](O)COC(=O)c1cccc2c1Cc1ccccc1O2.[K]. The Bertz CT molecular complexity index is 871. The van der Waals surface area contributed by atoms with Gasteiger partial charge < -0.3 is 34.7 Å². The van der Waals surface area contributed by atoms with Crippen LogP contribution in [0.25, 0.3) is 0 Å². The van der Waals surface area contributed by atoms with E-state index in [1.54, 1.807) is 18.2 Å². The number of para-hydroxylation sites is 1. The first kappa shape index (κ1) is 24.1. The molecular weight excluding hydrogens is 407 g/mol. The van der Waals surface area contributed by atoms with Gasteiger partial charge in [-0.15, -0.1) is 0 Å². The molecule has 0 saturated carbocycles. The van der Waals surface area contributed by atoms with Crippen molar-refractivity contribution in [3.05, 3.63) is 59.2 Å². The molecule has 149 valence electrons. The van der Waals surface area contributed by atoms with Crippen LogP contribution in [0.3, 0.4) is 0 Å². The van der Waals surface area contributed by atoms with Crippen LogP contribution in [0.4, 0.5) is 0 Å². The zero-order valence-corrected chi connectivity index (χ0v) is 18.9. The van der Waals surface area contributed by atoms with Crippen molar-refractivity contribution in [3.8, 4) is 11.5 Å². The first-order valence-electron chi connectivity index (χ1n) is 8.64. The third-order valence-corrected chi connectivity index (χ3v) is 4.53. The molecule has 4 N–H and O–H groups in total. The van der Waals surface area contributed by atoms with E-state index in [2.05, 4.69) is 0 Å². The van der Waals surface area contributed by atoms with E-state index in [1.165, 1.54) is 0 Å². The van der Waals surface area contributed by atoms with Gasteiger partial charge in [0.15, 0.2) is 6.29 Å². The summed E-state index contributed by atoms with van der Waals surface area (Å²) in [6.07, 6.45) is -6.83. The summed E-state index contributed by atoms with van der Waals surface area (Å²) in [6, 6.07) is 12.4. The maximum Gasteiger partial charge on any atom is 0.338 e. The molecule has 0 saturated heterocycles. The number of esters is 1. The van der Waals surface area contributed by atoms with Crippen LogP contribution in [0.5, 0.6) is 11.5 Å². The number of benzene rings is 2. The molecule has 3 rings (SSSR count). The van der Waals surface area contributed by atoms with Gasteiger partial charge in [-0.2, -0.15) is 0 Å². The van der Waals surface area contributed by atoms with E-state index >= 15 is 0 Å². The van der Waals surface area contributed by atoms with E-state index in [1.807, 2.05) is 24.3 Å². The number of aldehydes is 1. The zero-order chi connectivity index (χ0) is 20.3. The molecule has 1 aliphatic heterocycles. The number of aliphatic hydroxyl groups is 4. The summed E-state index contributed by atoms with van der Waals surface area (Å²) >= 11 is 0. The fourth-order valence-corrected chi connectivity index (χ4v) is 2.94. The largest absolute Gasteiger partial charge is 0.459 e. The summed E-state index contributed by atoms with van der Waals surface area (Å²) in [5, 5.41) is 38.3. The smallest absolute Gasteiger partial charge is 0.338 e. The molecule has 0 unspecified atom stereocenters. The van der Waals surface area contributed by atoms with Crippen LogP contribution in [0.15, 0.2) is 42.5 Å². The molecule has 0 aromatic heterocycles. The predicted molar refractivity (Wildman–Crippen MR) is 102 cm³/mol. The number of hydrogen-bond donors (Lipinski definition) is 4. The Kier molecular flexibility index (Phi) is 8.95. The maximum absolute atomic E-state index is 12.5. The van der Waals surface area contributed by atoms with E-state index in [4.69, 9.17) is 9.47 Å². The molecule has 2 aromatic rings. The standard InChI is InChI=1S/C20H20O8.K/c21-9-14(22)18(24)19(25)15(23)10-27-20(26)12-5-3-7-17-13(12)8-11-4-1-2-6-16(11)28-17;/h1-7,9,14-15,18-19,22-25H,8,10H2;/t14-,15+,18+,19+;/m0./s1. The van der Waals surface area contributed by atoms with Crippen LogP contribution < -0.4 is 4.74 Å². The van der Waals surface area contributed by atoms with Gasteiger partial charge in [0.05, 0.1) is 5.56 Å². The van der Waals surface area contributed by atoms with E-state index in [-0.39, 0.29) is 63.2 Å². The second kappa shape index (κ2) is 10.8. The van der Waals surface area contributed by atoms with Gasteiger partial charge in [-0.25, -0.2) is 4.79 Å². The molecule has 0 fully saturated rings. The molecule has 1 aliphatic rings. The number of rotatable bonds is 7. The number of aliphatic hydroxyl groups excluding tert-OH is 4. The van der Waals surface area contributed by atoms with E-state index in [0.29, 0.717) is 23.5 Å². The summed E-state index contributed by atoms with van der Waals surface area (Å²) in [6.45, 7) is -0.635. The van der Waals surface area contributed by atoms with Gasteiger partial charge in [-0.3, -0.25) is 0 Å². The van der Waals surface area contributed by atoms with Crippen molar-refractivity contribution in [2.75, 3.05) is 6.61 Å². The normalized spacial score (nSPS) is 16.0. The minimum Gasteiger partial charge on any atom is -0.459 e. The van der Waals surface area contributed by atoms with Crippen LogP contribution in [-0.4, -0.2) is 115 Å². The van der Waals surface area contributed by atoms with Gasteiger partial charge in [-0.1, -0.05) is 24.3 Å². The quantitative estimate of drug-likeness (QED) is 0.231. The van der Waals surface area contributed by atoms with Crippen molar-refractivity contribution in [3.63, 3.8) is 0 Å². The van der Waals surface area contributed by atoms with Crippen molar-refractivity contribution in [2.45, 2.75) is 30.8 Å². The Morgan fingerprint density at radius 1 is 1.03 bits per heavy atom. The fourth-order valence-electron chi connectivity index (χ4n) is 2.94. The summed E-state index contributed by atoms with van der Waals surface area (Å²) < 4.78 is 10.9. The summed E-state index contributed by atoms with van der Waals surface area (Å²) in [5.41, 5.74) is 1.80. The molecule has 1 heterocycles. The molecular formula is C20H20KO8. The number of fused-ring (bicyclic) bond motifs is 2. The van der Waals surface area contributed by atoms with Crippen molar-refractivity contribution in [2.24, 2.45) is 0 Å². The third kappa shape index (κ3) is 5.51. The Hall–Kier alpha value is -1.14. The summed E-state index contributed by atoms with van der Waals surface area (Å²) in [5.74, 6) is 0.497. The fraction of sp³-hybridized carbons (Fsp3) is 0.300. The van der Waals surface area contributed by atoms with E-state index < -0.39 is 37.0 Å². The molecule has 0 bridgehead atoms. The van der Waals surface area contributed by atoms with Gasteiger partial charge >= 0.3 is 5.97 Å². The topological polar surface area (TPSA) is 134 Å². The monoisotopic (exact) mass is 427 g/mol. The summed E-state index contributed by atoms with van der Waals surface area (Å²) in [4.78, 5) is 22.9. The van der Waals surface area contributed by atoms with Crippen molar-refractivity contribution in [1.82, 2.24) is 0 Å². The third-order valence-electron chi connectivity index (χ3n) is 4.53. The Balaban J connectivity index is 0.00000300. The molecule has 0 amide bonds. The molecule has 1 radical (unpaired) electrons. The number of carbonyl (C=O) groups excluding carboxylic acids is 2. The van der Waals surface area contributed by atoms with Crippen molar-refractivity contribution < 1.29 is 39.5 Å². The average molecular weight is 427 g/mol. The van der Waals surface area contributed by atoms with E-state index in [9.17, 15) is 30.0 Å². The summed E-state index contributed by atoms with van der Waals surface area (Å²) in [7, 11) is 0. The van der Waals surface area contributed by atoms with Gasteiger partial charge in [0.2, 0.25) is 0 Å². The average Bonchev–Trinajstić information content (AvgIpc) is 2.73. The minimum atomic E-state index is -1.90. The van der Waals surface area contributed by atoms with Crippen LogP contribution in [0.1, 0.15) is 21.5 Å². The predicted octanol–water partition coefficient (Wildman–Crippen LogP) is -0.198. The minimum absolute atomic E-state index is 0. The molecule has 8 nitrogen and oxygen atoms in total. The van der Waals surface area contributed by atoms with Crippen LogP contribution >= 0.6 is 0 Å². The van der Waals surface area contributed by atoms with Gasteiger partial charge in [0.25, 0.3) is 0 Å². The van der Waals surface area contributed by atoms with Crippen LogP contribution in [0.2, 0.25) is 0 Å². The molecule has 4 atom stereocenters. The van der Waals surface area contributed by atoms with E-state index in [0.717, 1.165) is 5.56 Å². The molecule has 0 aliphatic carbocycles. The second-order valence-corrected chi connectivity index (χ2v) is 6.44. The number of carbonyl (C=O) groups is 2. The van der Waals surface area contributed by atoms with Gasteiger partial charge in [0, 0.05) is 63.4 Å². The molecule has 9 heteroatoms. The zero-order valence-electron chi connectivity index (χ0n) is 15.8. The maximum atomic E-state index is 12.5. The first-order chi connectivity index (χ1) is 13.4. The number of ether oxygens (including phenoxy) is 2. The van der Waals surface area contributed by atoms with Crippen molar-refractivity contribution >= 4 is 63.6 Å². The second-order valence-electron chi connectivity index (χ2n) is 6.44. The van der Waals surface area contributed by atoms with Gasteiger partial charge in [-0.05, 0) is 23.8 Å².